The maximum absolute atomic E-state index is 12.8. The molecule has 1 amide bonds. The van der Waals surface area contributed by atoms with E-state index in [-0.39, 0.29) is 11.9 Å². The first-order chi connectivity index (χ1) is 14.6. The van der Waals surface area contributed by atoms with Crippen LogP contribution in [0, 0.1) is 6.92 Å². The van der Waals surface area contributed by atoms with Crippen molar-refractivity contribution in [3.63, 3.8) is 0 Å². The van der Waals surface area contributed by atoms with Gasteiger partial charge in [-0.25, -0.2) is 0 Å². The van der Waals surface area contributed by atoms with E-state index in [9.17, 15) is 4.79 Å². The van der Waals surface area contributed by atoms with E-state index in [1.165, 1.54) is 22.3 Å². The SMILES string of the molecule is CC[C@@H](NC(=O)c1ccc(CN2CCc3ccccc3C2)cc1)c1ccc(C)cc1. The zero-order valence-corrected chi connectivity index (χ0v) is 17.9. The third kappa shape index (κ3) is 4.80. The molecule has 0 bridgehead atoms. The summed E-state index contributed by atoms with van der Waals surface area (Å²) in [4.78, 5) is 15.2. The fraction of sp³-hybridized carbons (Fsp3) is 0.296. The molecule has 1 aliphatic rings. The number of nitrogens with one attached hydrogen (secondary N) is 1. The number of fused-ring (bicyclic) bond motifs is 1. The predicted octanol–water partition coefficient (Wildman–Crippen LogP) is 5.43. The lowest BCUT2D eigenvalue weighted by Gasteiger charge is -2.28. The molecular weight excluding hydrogens is 368 g/mol. The molecule has 4 rings (SSSR count). The Morgan fingerprint density at radius 1 is 0.967 bits per heavy atom. The average molecular weight is 399 g/mol. The van der Waals surface area contributed by atoms with Crippen LogP contribution in [-0.4, -0.2) is 17.4 Å². The number of nitrogens with zero attached hydrogens (tertiary/aromatic N) is 1. The van der Waals surface area contributed by atoms with Gasteiger partial charge in [0.1, 0.15) is 0 Å². The highest BCUT2D eigenvalue weighted by Crippen LogP contribution is 2.21. The second-order valence-corrected chi connectivity index (χ2v) is 8.27. The van der Waals surface area contributed by atoms with Gasteiger partial charge in [0.15, 0.2) is 0 Å². The Labute approximate surface area is 179 Å². The van der Waals surface area contributed by atoms with Crippen molar-refractivity contribution in [1.29, 1.82) is 0 Å². The quantitative estimate of drug-likeness (QED) is 0.600. The van der Waals surface area contributed by atoms with Gasteiger partial charge in [0.05, 0.1) is 6.04 Å². The normalized spacial score (nSPS) is 14.7. The maximum atomic E-state index is 12.8. The Morgan fingerprint density at radius 3 is 2.37 bits per heavy atom. The van der Waals surface area contributed by atoms with Gasteiger partial charge in [-0.05, 0) is 54.2 Å². The van der Waals surface area contributed by atoms with Crippen molar-refractivity contribution in [2.24, 2.45) is 0 Å². The van der Waals surface area contributed by atoms with Crippen molar-refractivity contribution < 1.29 is 4.79 Å². The lowest BCUT2D eigenvalue weighted by Crippen LogP contribution is -2.30. The van der Waals surface area contributed by atoms with Gasteiger partial charge < -0.3 is 5.32 Å². The number of benzene rings is 3. The van der Waals surface area contributed by atoms with E-state index in [2.05, 4.69) is 84.7 Å². The molecule has 3 aromatic carbocycles. The minimum atomic E-state index is -0.0131. The summed E-state index contributed by atoms with van der Waals surface area (Å²) in [5.74, 6) is -0.0131. The van der Waals surface area contributed by atoms with E-state index in [1.807, 2.05) is 12.1 Å². The fourth-order valence-corrected chi connectivity index (χ4v) is 4.17. The Balaban J connectivity index is 1.37. The molecule has 0 saturated heterocycles. The minimum absolute atomic E-state index is 0.0131. The lowest BCUT2D eigenvalue weighted by molar-refractivity contribution is 0.0935. The van der Waals surface area contributed by atoms with Crippen molar-refractivity contribution in [1.82, 2.24) is 10.2 Å². The van der Waals surface area contributed by atoms with Crippen LogP contribution >= 0.6 is 0 Å². The van der Waals surface area contributed by atoms with Gasteiger partial charge in [0.2, 0.25) is 0 Å². The number of aryl methyl sites for hydroxylation is 1. The van der Waals surface area contributed by atoms with E-state index in [4.69, 9.17) is 0 Å². The summed E-state index contributed by atoms with van der Waals surface area (Å²) >= 11 is 0. The summed E-state index contributed by atoms with van der Waals surface area (Å²) in [6.45, 7) is 7.16. The van der Waals surface area contributed by atoms with Crippen LogP contribution in [0.1, 0.15) is 57.6 Å². The standard InChI is InChI=1S/C27H30N2O/c1-3-26(23-12-8-20(2)9-13-23)28-27(30)24-14-10-21(11-15-24)18-29-17-16-22-6-4-5-7-25(22)19-29/h4-15,26H,3,16-19H2,1-2H3,(H,28,30)/t26-/m1/s1. The first kappa shape index (κ1) is 20.4. The predicted molar refractivity (Wildman–Crippen MR) is 122 cm³/mol. The highest BCUT2D eigenvalue weighted by Gasteiger charge is 2.17. The Bertz CT molecular complexity index is 992. The molecule has 1 N–H and O–H groups in total. The van der Waals surface area contributed by atoms with Crippen LogP contribution in [-0.2, 0) is 19.5 Å². The zero-order valence-electron chi connectivity index (χ0n) is 17.9. The molecule has 3 aromatic rings. The summed E-state index contributed by atoms with van der Waals surface area (Å²) in [7, 11) is 0. The zero-order chi connectivity index (χ0) is 20.9. The second kappa shape index (κ2) is 9.27. The summed E-state index contributed by atoms with van der Waals surface area (Å²) in [6.07, 6.45) is 1.97. The van der Waals surface area contributed by atoms with E-state index in [0.717, 1.165) is 38.0 Å². The monoisotopic (exact) mass is 398 g/mol. The number of hydrogen-bond donors (Lipinski definition) is 1. The molecule has 3 heteroatoms. The molecule has 0 radical (unpaired) electrons. The molecule has 0 aromatic heterocycles. The number of hydrogen-bond acceptors (Lipinski definition) is 2. The largest absolute Gasteiger partial charge is 0.345 e. The molecule has 3 nitrogen and oxygen atoms in total. The third-order valence-corrected chi connectivity index (χ3v) is 6.03. The summed E-state index contributed by atoms with van der Waals surface area (Å²) in [5, 5.41) is 3.18. The Hall–Kier alpha value is -2.91. The molecule has 154 valence electrons. The van der Waals surface area contributed by atoms with Gasteiger partial charge in [0.25, 0.3) is 5.91 Å². The van der Waals surface area contributed by atoms with Gasteiger partial charge in [-0.15, -0.1) is 0 Å². The summed E-state index contributed by atoms with van der Waals surface area (Å²) in [6, 6.07) is 25.2. The Morgan fingerprint density at radius 2 is 1.67 bits per heavy atom. The van der Waals surface area contributed by atoms with E-state index in [0.29, 0.717) is 5.56 Å². The molecule has 0 aliphatic carbocycles. The van der Waals surface area contributed by atoms with E-state index < -0.39 is 0 Å². The van der Waals surface area contributed by atoms with Crippen LogP contribution in [0.5, 0.6) is 0 Å². The van der Waals surface area contributed by atoms with Crippen LogP contribution in [0.2, 0.25) is 0 Å². The van der Waals surface area contributed by atoms with Crippen LogP contribution in [0.4, 0.5) is 0 Å². The molecule has 1 heterocycles. The van der Waals surface area contributed by atoms with Crippen LogP contribution in [0.3, 0.4) is 0 Å². The first-order valence-corrected chi connectivity index (χ1v) is 10.9. The first-order valence-electron chi connectivity index (χ1n) is 10.9. The van der Waals surface area contributed by atoms with Gasteiger partial charge in [-0.1, -0.05) is 73.2 Å². The summed E-state index contributed by atoms with van der Waals surface area (Å²) < 4.78 is 0. The summed E-state index contributed by atoms with van der Waals surface area (Å²) in [5.41, 5.74) is 7.25. The van der Waals surface area contributed by atoms with Crippen molar-refractivity contribution in [3.05, 3.63) is 106 Å². The van der Waals surface area contributed by atoms with Crippen LogP contribution < -0.4 is 5.32 Å². The smallest absolute Gasteiger partial charge is 0.251 e. The lowest BCUT2D eigenvalue weighted by atomic mass is 9.99. The fourth-order valence-electron chi connectivity index (χ4n) is 4.17. The molecular formula is C27H30N2O. The highest BCUT2D eigenvalue weighted by molar-refractivity contribution is 5.94. The van der Waals surface area contributed by atoms with Gasteiger partial charge in [0, 0.05) is 25.2 Å². The molecule has 0 fully saturated rings. The number of rotatable bonds is 6. The number of carbonyl (C=O) groups excluding carboxylic acids is 1. The van der Waals surface area contributed by atoms with Gasteiger partial charge in [-0.2, -0.15) is 0 Å². The third-order valence-electron chi connectivity index (χ3n) is 6.03. The number of amides is 1. The van der Waals surface area contributed by atoms with Gasteiger partial charge in [-0.3, -0.25) is 9.69 Å². The van der Waals surface area contributed by atoms with Crippen molar-refractivity contribution in [2.75, 3.05) is 6.54 Å². The molecule has 30 heavy (non-hydrogen) atoms. The molecule has 0 unspecified atom stereocenters. The van der Waals surface area contributed by atoms with Crippen molar-refractivity contribution in [2.45, 2.75) is 45.8 Å². The highest BCUT2D eigenvalue weighted by atomic mass is 16.1. The van der Waals surface area contributed by atoms with E-state index in [1.54, 1.807) is 0 Å². The second-order valence-electron chi connectivity index (χ2n) is 8.27. The van der Waals surface area contributed by atoms with Crippen LogP contribution in [0.25, 0.3) is 0 Å². The topological polar surface area (TPSA) is 32.3 Å². The van der Waals surface area contributed by atoms with E-state index >= 15 is 0 Å². The van der Waals surface area contributed by atoms with Crippen LogP contribution in [0.15, 0.2) is 72.8 Å². The molecule has 0 saturated carbocycles. The number of carbonyl (C=O) groups is 1. The molecule has 1 aliphatic heterocycles. The molecule has 0 spiro atoms. The van der Waals surface area contributed by atoms with Crippen molar-refractivity contribution >= 4 is 5.91 Å². The maximum Gasteiger partial charge on any atom is 0.251 e. The minimum Gasteiger partial charge on any atom is -0.345 e. The van der Waals surface area contributed by atoms with Gasteiger partial charge >= 0.3 is 0 Å². The van der Waals surface area contributed by atoms with Crippen molar-refractivity contribution in [3.8, 4) is 0 Å². The molecule has 1 atom stereocenters. The average Bonchev–Trinajstić information content (AvgIpc) is 2.78. The Kier molecular flexibility index (Phi) is 6.29.